The number of aliphatic hydroxyl groups is 1. The van der Waals surface area contributed by atoms with Crippen molar-refractivity contribution in [2.45, 2.75) is 49.4 Å². The topological polar surface area (TPSA) is 57.6 Å². The smallest absolute Gasteiger partial charge is 0.384 e. The molecule has 200 valence electrons. The first-order chi connectivity index (χ1) is 17.2. The molecule has 0 fully saturated rings. The summed E-state index contributed by atoms with van der Waals surface area (Å²) in [7, 11) is -4.55. The Hall–Kier alpha value is -2.76. The third-order valence-corrected chi connectivity index (χ3v) is 7.88. The van der Waals surface area contributed by atoms with Crippen LogP contribution < -0.4 is 4.31 Å². The molecule has 0 aromatic heterocycles. The molecule has 12 heteroatoms. The van der Waals surface area contributed by atoms with Crippen LogP contribution in [-0.4, -0.2) is 25.8 Å². The number of aliphatic hydroxyl groups excluding tert-OH is 1. The van der Waals surface area contributed by atoms with Gasteiger partial charge in [-0.3, -0.25) is 4.31 Å². The summed E-state index contributed by atoms with van der Waals surface area (Å²) in [4.78, 5) is -0.288. The van der Waals surface area contributed by atoms with E-state index in [1.54, 1.807) is 0 Å². The SMILES string of the molecule is C[C@H](c1ccc(F)cc1CCCC(O)C(F)(F)F)N(c1cc(F)ccc1F)S(=O)(=O)c1ccc(Cl)cc1. The molecule has 0 saturated carbocycles. The molecule has 0 saturated heterocycles. The van der Waals surface area contributed by atoms with E-state index in [0.717, 1.165) is 24.3 Å². The molecule has 0 heterocycles. The van der Waals surface area contributed by atoms with Gasteiger partial charge in [0.05, 0.1) is 16.6 Å². The van der Waals surface area contributed by atoms with Crippen LogP contribution in [0.4, 0.5) is 32.0 Å². The molecule has 3 aromatic rings. The first kappa shape index (κ1) is 28.8. The summed E-state index contributed by atoms with van der Waals surface area (Å²) in [5, 5.41) is 9.50. The Labute approximate surface area is 215 Å². The number of hydrogen-bond donors (Lipinski definition) is 1. The molecule has 2 atom stereocenters. The molecule has 3 rings (SSSR count). The molecule has 4 nitrogen and oxygen atoms in total. The maximum atomic E-state index is 14.9. The van der Waals surface area contributed by atoms with Gasteiger partial charge >= 0.3 is 6.18 Å². The van der Waals surface area contributed by atoms with E-state index in [1.807, 2.05) is 0 Å². The first-order valence-electron chi connectivity index (χ1n) is 11.0. The molecular weight excluding hydrogens is 544 g/mol. The Morgan fingerprint density at radius 2 is 1.54 bits per heavy atom. The lowest BCUT2D eigenvalue weighted by Gasteiger charge is -2.32. The Kier molecular flexibility index (Phi) is 8.81. The lowest BCUT2D eigenvalue weighted by Crippen LogP contribution is -2.35. The van der Waals surface area contributed by atoms with Crippen LogP contribution in [-0.2, 0) is 16.4 Å². The van der Waals surface area contributed by atoms with Crippen molar-refractivity contribution >= 4 is 27.3 Å². The summed E-state index contributed by atoms with van der Waals surface area (Å²) in [6, 6.07) is 9.26. The number of rotatable bonds is 9. The first-order valence-corrected chi connectivity index (χ1v) is 12.8. The predicted molar refractivity (Wildman–Crippen MR) is 127 cm³/mol. The molecule has 0 aliphatic rings. The Bertz CT molecular complexity index is 1350. The molecular formula is C25H22ClF6NO3S. The van der Waals surface area contributed by atoms with Crippen molar-refractivity contribution in [3.63, 3.8) is 0 Å². The molecule has 37 heavy (non-hydrogen) atoms. The van der Waals surface area contributed by atoms with Crippen LogP contribution >= 0.6 is 11.6 Å². The van der Waals surface area contributed by atoms with Crippen LogP contribution in [0.2, 0.25) is 5.02 Å². The van der Waals surface area contributed by atoms with Gasteiger partial charge in [-0.1, -0.05) is 17.7 Å². The van der Waals surface area contributed by atoms with Crippen LogP contribution in [0.3, 0.4) is 0 Å². The highest BCUT2D eigenvalue weighted by Crippen LogP contribution is 2.37. The molecule has 0 aliphatic heterocycles. The minimum Gasteiger partial charge on any atom is -0.384 e. The highest BCUT2D eigenvalue weighted by molar-refractivity contribution is 7.92. The molecule has 0 bridgehead atoms. The fourth-order valence-corrected chi connectivity index (χ4v) is 5.66. The Morgan fingerprint density at radius 3 is 2.16 bits per heavy atom. The van der Waals surface area contributed by atoms with Gasteiger partial charge in [-0.25, -0.2) is 21.6 Å². The van der Waals surface area contributed by atoms with E-state index >= 15 is 0 Å². The van der Waals surface area contributed by atoms with E-state index in [1.165, 1.54) is 37.3 Å². The van der Waals surface area contributed by atoms with Crippen LogP contribution in [0.5, 0.6) is 0 Å². The van der Waals surface area contributed by atoms with Gasteiger partial charge in [0.15, 0.2) is 0 Å². The third-order valence-electron chi connectivity index (χ3n) is 5.72. The van der Waals surface area contributed by atoms with Gasteiger partial charge in [0, 0.05) is 11.1 Å². The second-order valence-corrected chi connectivity index (χ2v) is 10.6. The van der Waals surface area contributed by atoms with Crippen molar-refractivity contribution in [3.8, 4) is 0 Å². The van der Waals surface area contributed by atoms with Gasteiger partial charge in [0.2, 0.25) is 0 Å². The second kappa shape index (κ2) is 11.3. The van der Waals surface area contributed by atoms with Gasteiger partial charge < -0.3 is 5.11 Å². The maximum absolute atomic E-state index is 14.9. The zero-order valence-corrected chi connectivity index (χ0v) is 20.9. The number of halogens is 7. The molecule has 0 spiro atoms. The normalized spacial score (nSPS) is 13.9. The monoisotopic (exact) mass is 565 g/mol. The fraction of sp³-hybridized carbons (Fsp3) is 0.280. The number of alkyl halides is 3. The van der Waals surface area contributed by atoms with Crippen molar-refractivity contribution in [2.75, 3.05) is 4.31 Å². The Morgan fingerprint density at radius 1 is 0.946 bits per heavy atom. The number of nitrogens with zero attached hydrogens (tertiary/aromatic N) is 1. The quantitative estimate of drug-likeness (QED) is 0.285. The van der Waals surface area contributed by atoms with Crippen molar-refractivity contribution in [3.05, 3.63) is 94.3 Å². The molecule has 0 radical (unpaired) electrons. The standard InChI is InChI=1S/C25H22ClF6NO3S/c1-15(21-11-7-18(27)13-16(21)3-2-4-24(34)25(30,31)32)33(23-14-19(28)8-12-22(23)29)37(35,36)20-9-5-17(26)6-10-20/h5-15,24,34H,2-4H2,1H3/t15-,24?/m1/s1. The zero-order chi connectivity index (χ0) is 27.5. The minimum atomic E-state index is -4.82. The van der Waals surface area contributed by atoms with E-state index < -0.39 is 57.9 Å². The van der Waals surface area contributed by atoms with Gasteiger partial charge in [0.25, 0.3) is 10.0 Å². The van der Waals surface area contributed by atoms with E-state index in [2.05, 4.69) is 0 Å². The van der Waals surface area contributed by atoms with Gasteiger partial charge in [-0.2, -0.15) is 13.2 Å². The largest absolute Gasteiger partial charge is 0.414 e. The summed E-state index contributed by atoms with van der Waals surface area (Å²) in [6.07, 6.45) is -8.42. The molecule has 1 N–H and O–H groups in total. The van der Waals surface area contributed by atoms with E-state index in [9.17, 15) is 39.9 Å². The average molecular weight is 566 g/mol. The van der Waals surface area contributed by atoms with E-state index in [4.69, 9.17) is 11.6 Å². The van der Waals surface area contributed by atoms with Gasteiger partial charge in [-0.15, -0.1) is 0 Å². The third kappa shape index (κ3) is 6.77. The Balaban J connectivity index is 2.09. The van der Waals surface area contributed by atoms with Crippen LogP contribution in [0.1, 0.15) is 36.9 Å². The van der Waals surface area contributed by atoms with Crippen molar-refractivity contribution in [1.29, 1.82) is 0 Å². The van der Waals surface area contributed by atoms with Crippen molar-refractivity contribution in [2.24, 2.45) is 0 Å². The molecule has 1 unspecified atom stereocenters. The summed E-state index contributed by atoms with van der Waals surface area (Å²) in [5.41, 5.74) is -0.315. The summed E-state index contributed by atoms with van der Waals surface area (Å²) >= 11 is 5.86. The van der Waals surface area contributed by atoms with Crippen molar-refractivity contribution in [1.82, 2.24) is 0 Å². The lowest BCUT2D eigenvalue weighted by molar-refractivity contribution is -0.205. The highest BCUT2D eigenvalue weighted by Gasteiger charge is 2.38. The number of benzene rings is 3. The summed E-state index contributed by atoms with van der Waals surface area (Å²) in [5.74, 6) is -2.70. The highest BCUT2D eigenvalue weighted by atomic mass is 35.5. The second-order valence-electron chi connectivity index (χ2n) is 8.32. The predicted octanol–water partition coefficient (Wildman–Crippen LogP) is 6.96. The van der Waals surface area contributed by atoms with Crippen molar-refractivity contribution < 1.29 is 39.9 Å². The van der Waals surface area contributed by atoms with Crippen LogP contribution in [0.15, 0.2) is 65.6 Å². The number of hydrogen-bond acceptors (Lipinski definition) is 3. The number of anilines is 1. The zero-order valence-electron chi connectivity index (χ0n) is 19.3. The molecule has 3 aromatic carbocycles. The van der Waals surface area contributed by atoms with E-state index in [-0.39, 0.29) is 33.9 Å². The molecule has 0 aliphatic carbocycles. The maximum Gasteiger partial charge on any atom is 0.414 e. The summed E-state index contributed by atoms with van der Waals surface area (Å²) < 4.78 is 109. The van der Waals surface area contributed by atoms with E-state index in [0.29, 0.717) is 10.4 Å². The molecule has 0 amide bonds. The van der Waals surface area contributed by atoms with Crippen LogP contribution in [0, 0.1) is 17.5 Å². The van der Waals surface area contributed by atoms with Gasteiger partial charge in [-0.05, 0) is 85.8 Å². The minimum absolute atomic E-state index is 0.148. The number of sulfonamides is 1. The number of aryl methyl sites for hydroxylation is 1. The summed E-state index contributed by atoms with van der Waals surface area (Å²) in [6.45, 7) is 1.36. The average Bonchev–Trinajstić information content (AvgIpc) is 2.81. The lowest BCUT2D eigenvalue weighted by atomic mass is 9.96. The van der Waals surface area contributed by atoms with Gasteiger partial charge in [0.1, 0.15) is 23.6 Å². The van der Waals surface area contributed by atoms with Crippen LogP contribution in [0.25, 0.3) is 0 Å². The fourth-order valence-electron chi connectivity index (χ4n) is 3.90.